The fourth-order valence-corrected chi connectivity index (χ4v) is 2.26. The molecule has 0 atom stereocenters. The van der Waals surface area contributed by atoms with E-state index < -0.39 is 5.63 Å². The smallest absolute Gasteiger partial charge is 0.367 e. The first kappa shape index (κ1) is 11.7. The number of aromatic nitrogens is 3. The van der Waals surface area contributed by atoms with Crippen LogP contribution in [-0.2, 0) is 0 Å². The summed E-state index contributed by atoms with van der Waals surface area (Å²) in [6.07, 6.45) is 0. The first-order valence-electron chi connectivity index (χ1n) is 6.44. The second-order valence-corrected chi connectivity index (χ2v) is 4.59. The van der Waals surface area contributed by atoms with Crippen molar-refractivity contribution in [3.05, 3.63) is 65.0 Å². The van der Waals surface area contributed by atoms with E-state index in [0.717, 1.165) is 10.9 Å². The topological polar surface area (TPSA) is 68.9 Å². The molecule has 0 fully saturated rings. The van der Waals surface area contributed by atoms with E-state index in [1.54, 1.807) is 0 Å². The summed E-state index contributed by atoms with van der Waals surface area (Å²) < 4.78 is 5.26. The van der Waals surface area contributed by atoms with Crippen LogP contribution in [0.1, 0.15) is 0 Å². The highest BCUT2D eigenvalue weighted by Crippen LogP contribution is 2.21. The van der Waals surface area contributed by atoms with E-state index in [1.807, 2.05) is 54.6 Å². The number of hydrogen-bond acceptors (Lipinski definition) is 5. The average Bonchev–Trinajstić information content (AvgIpc) is 2.55. The first-order valence-corrected chi connectivity index (χ1v) is 6.44. The van der Waals surface area contributed by atoms with E-state index in [-0.39, 0.29) is 11.4 Å². The Balaban J connectivity index is 2.13. The molecule has 2 aromatic carbocycles. The Morgan fingerprint density at radius 1 is 0.810 bits per heavy atom. The molecule has 5 heteroatoms. The van der Waals surface area contributed by atoms with E-state index >= 15 is 0 Å². The molecular formula is C16H9N3O2. The van der Waals surface area contributed by atoms with Crippen molar-refractivity contribution in [2.24, 2.45) is 0 Å². The van der Waals surface area contributed by atoms with Gasteiger partial charge in [-0.05, 0) is 18.2 Å². The largest absolute Gasteiger partial charge is 0.402 e. The minimum Gasteiger partial charge on any atom is -0.402 e. The van der Waals surface area contributed by atoms with Gasteiger partial charge in [-0.2, -0.15) is 0 Å². The van der Waals surface area contributed by atoms with Crippen molar-refractivity contribution in [2.75, 3.05) is 0 Å². The highest BCUT2D eigenvalue weighted by atomic mass is 16.4. The van der Waals surface area contributed by atoms with E-state index in [2.05, 4.69) is 15.2 Å². The third-order valence-corrected chi connectivity index (χ3v) is 3.26. The molecule has 0 unspecified atom stereocenters. The maximum absolute atomic E-state index is 12.1. The zero-order chi connectivity index (χ0) is 14.2. The third kappa shape index (κ3) is 1.87. The second kappa shape index (κ2) is 4.49. The van der Waals surface area contributed by atoms with Gasteiger partial charge in [-0.3, -0.25) is 0 Å². The van der Waals surface area contributed by atoms with Crippen molar-refractivity contribution in [3.63, 3.8) is 0 Å². The van der Waals surface area contributed by atoms with Crippen LogP contribution in [0.4, 0.5) is 0 Å². The Bertz CT molecular complexity index is 1010. The number of rotatable bonds is 1. The minimum absolute atomic E-state index is 0.147. The van der Waals surface area contributed by atoms with Crippen molar-refractivity contribution in [2.45, 2.75) is 0 Å². The van der Waals surface area contributed by atoms with E-state index in [1.165, 1.54) is 0 Å². The second-order valence-electron chi connectivity index (χ2n) is 4.59. The molecule has 21 heavy (non-hydrogen) atoms. The van der Waals surface area contributed by atoms with Crippen LogP contribution in [0.15, 0.2) is 63.8 Å². The summed E-state index contributed by atoms with van der Waals surface area (Å²) in [7, 11) is 0. The number of nitrogens with zero attached hydrogens (tertiary/aromatic N) is 3. The number of hydrogen-bond donors (Lipinski definition) is 0. The van der Waals surface area contributed by atoms with Crippen LogP contribution < -0.4 is 5.63 Å². The van der Waals surface area contributed by atoms with Gasteiger partial charge in [0.2, 0.25) is 5.89 Å². The Morgan fingerprint density at radius 3 is 2.43 bits per heavy atom. The zero-order valence-corrected chi connectivity index (χ0v) is 10.9. The highest BCUT2D eigenvalue weighted by Gasteiger charge is 2.12. The van der Waals surface area contributed by atoms with E-state index in [0.29, 0.717) is 11.0 Å². The molecule has 0 aliphatic carbocycles. The summed E-state index contributed by atoms with van der Waals surface area (Å²) in [5, 5.41) is 8.73. The van der Waals surface area contributed by atoms with Crippen molar-refractivity contribution in [3.8, 4) is 11.5 Å². The molecule has 2 heterocycles. The molecule has 2 aromatic heterocycles. The van der Waals surface area contributed by atoms with Crippen molar-refractivity contribution in [1.82, 2.24) is 15.2 Å². The van der Waals surface area contributed by atoms with Gasteiger partial charge in [0.15, 0.2) is 5.52 Å². The molecule has 0 spiro atoms. The van der Waals surface area contributed by atoms with Gasteiger partial charge in [0.05, 0.1) is 5.52 Å². The molecule has 4 aromatic rings. The number of fused-ring (bicyclic) bond motifs is 3. The summed E-state index contributed by atoms with van der Waals surface area (Å²) in [6, 6.07) is 16.8. The summed E-state index contributed by atoms with van der Waals surface area (Å²) >= 11 is 0. The molecule has 0 aliphatic heterocycles. The normalized spacial score (nSPS) is 11.0. The lowest BCUT2D eigenvalue weighted by Gasteiger charge is -2.03. The maximum Gasteiger partial charge on any atom is 0.367 e. The lowest BCUT2D eigenvalue weighted by Crippen LogP contribution is -2.06. The molecule has 0 saturated carbocycles. The highest BCUT2D eigenvalue weighted by molar-refractivity contribution is 6.00. The van der Waals surface area contributed by atoms with Gasteiger partial charge in [0.25, 0.3) is 0 Å². The van der Waals surface area contributed by atoms with Gasteiger partial charge in [-0.1, -0.05) is 36.4 Å². The summed E-state index contributed by atoms with van der Waals surface area (Å²) in [6.45, 7) is 0. The predicted octanol–water partition coefficient (Wildman–Crippen LogP) is 2.80. The van der Waals surface area contributed by atoms with Gasteiger partial charge < -0.3 is 4.42 Å². The lowest BCUT2D eigenvalue weighted by atomic mass is 10.2. The monoisotopic (exact) mass is 275 g/mol. The minimum atomic E-state index is -0.530. The molecule has 0 N–H and O–H groups in total. The fraction of sp³-hybridized carbons (Fsp3) is 0. The average molecular weight is 275 g/mol. The van der Waals surface area contributed by atoms with Crippen LogP contribution in [0.2, 0.25) is 0 Å². The van der Waals surface area contributed by atoms with Crippen LogP contribution in [0.25, 0.3) is 33.4 Å². The Morgan fingerprint density at radius 2 is 1.57 bits per heavy atom. The first-order chi connectivity index (χ1) is 10.3. The molecule has 0 radical (unpaired) electrons. The van der Waals surface area contributed by atoms with Crippen LogP contribution in [0.5, 0.6) is 0 Å². The molecule has 5 nitrogen and oxygen atoms in total. The van der Waals surface area contributed by atoms with Gasteiger partial charge >= 0.3 is 5.63 Å². The summed E-state index contributed by atoms with van der Waals surface area (Å²) in [5.74, 6) is 0.284. The third-order valence-electron chi connectivity index (χ3n) is 3.26. The van der Waals surface area contributed by atoms with Gasteiger partial charge in [-0.25, -0.2) is 9.78 Å². The Labute approximate surface area is 118 Å². The van der Waals surface area contributed by atoms with Gasteiger partial charge in [0, 0.05) is 10.9 Å². The zero-order valence-electron chi connectivity index (χ0n) is 10.9. The van der Waals surface area contributed by atoms with Crippen molar-refractivity contribution in [1.29, 1.82) is 0 Å². The van der Waals surface area contributed by atoms with Gasteiger partial charge in [-0.15, -0.1) is 10.2 Å². The van der Waals surface area contributed by atoms with E-state index in [4.69, 9.17) is 4.42 Å². The van der Waals surface area contributed by atoms with Crippen LogP contribution in [-0.4, -0.2) is 15.2 Å². The number of benzene rings is 2. The van der Waals surface area contributed by atoms with Crippen molar-refractivity contribution >= 4 is 21.9 Å². The quantitative estimate of drug-likeness (QED) is 0.500. The predicted molar refractivity (Wildman–Crippen MR) is 78.8 cm³/mol. The fourth-order valence-electron chi connectivity index (χ4n) is 2.26. The summed E-state index contributed by atoms with van der Waals surface area (Å²) in [5.41, 5.74) is 1.57. The van der Waals surface area contributed by atoms with Crippen LogP contribution in [0.3, 0.4) is 0 Å². The summed E-state index contributed by atoms with van der Waals surface area (Å²) in [4.78, 5) is 16.6. The Kier molecular flexibility index (Phi) is 2.50. The molecule has 0 amide bonds. The molecule has 100 valence electrons. The molecule has 4 rings (SSSR count). The van der Waals surface area contributed by atoms with Crippen LogP contribution in [0, 0.1) is 0 Å². The molecule has 0 bridgehead atoms. The maximum atomic E-state index is 12.1. The van der Waals surface area contributed by atoms with Gasteiger partial charge in [0.1, 0.15) is 5.52 Å². The molecular weight excluding hydrogens is 266 g/mol. The Hall–Kier alpha value is -3.08. The van der Waals surface area contributed by atoms with Crippen LogP contribution >= 0.6 is 0 Å². The van der Waals surface area contributed by atoms with E-state index in [9.17, 15) is 4.79 Å². The SMILES string of the molecule is O=c1oc(-c2ccccc2)nc2c1nnc1ccccc12. The van der Waals surface area contributed by atoms with Crippen molar-refractivity contribution < 1.29 is 4.42 Å². The lowest BCUT2D eigenvalue weighted by molar-refractivity contribution is 0.516. The standard InChI is InChI=1S/C16H9N3O2/c20-16-14-13(11-8-4-5-9-12(11)18-19-14)17-15(21-16)10-6-2-1-3-7-10/h1-9H. The molecule has 0 aliphatic rings. The molecule has 0 saturated heterocycles.